The van der Waals surface area contributed by atoms with Crippen LogP contribution in [0.15, 0.2) is 83.8 Å². The maximum absolute atomic E-state index is 13.7. The number of nitrogens with one attached hydrogen (secondary N) is 1. The Labute approximate surface area is 173 Å². The van der Waals surface area contributed by atoms with E-state index < -0.39 is 27.9 Å². The molecule has 3 aromatic carbocycles. The maximum Gasteiger partial charge on any atom is 0.338 e. The Morgan fingerprint density at radius 3 is 2.10 bits per heavy atom. The molecule has 0 radical (unpaired) electrons. The van der Waals surface area contributed by atoms with Gasteiger partial charge >= 0.3 is 5.97 Å². The van der Waals surface area contributed by atoms with Gasteiger partial charge in [-0.05, 0) is 43.3 Å². The highest BCUT2D eigenvalue weighted by Gasteiger charge is 2.21. The van der Waals surface area contributed by atoms with Gasteiger partial charge in [-0.3, -0.25) is 9.52 Å². The summed E-state index contributed by atoms with van der Waals surface area (Å²) >= 11 is 0. The largest absolute Gasteiger partial charge is 0.451 e. The van der Waals surface area contributed by atoms with Crippen LogP contribution in [-0.4, -0.2) is 26.3 Å². The fourth-order valence-electron chi connectivity index (χ4n) is 2.64. The van der Waals surface area contributed by atoms with Gasteiger partial charge in [-0.15, -0.1) is 0 Å². The van der Waals surface area contributed by atoms with E-state index in [9.17, 15) is 22.4 Å². The van der Waals surface area contributed by atoms with Gasteiger partial charge in [-0.2, -0.15) is 0 Å². The molecule has 0 unspecified atom stereocenters. The first-order valence-electron chi connectivity index (χ1n) is 8.95. The molecule has 30 heavy (non-hydrogen) atoms. The van der Waals surface area contributed by atoms with Gasteiger partial charge in [0.15, 0.2) is 6.10 Å². The summed E-state index contributed by atoms with van der Waals surface area (Å²) < 4.78 is 45.9. The van der Waals surface area contributed by atoms with E-state index in [-0.39, 0.29) is 21.9 Å². The van der Waals surface area contributed by atoms with Gasteiger partial charge in [0.05, 0.1) is 16.1 Å². The summed E-state index contributed by atoms with van der Waals surface area (Å²) in [6.07, 6.45) is -1.01. The minimum atomic E-state index is -4.05. The first kappa shape index (κ1) is 21.2. The standard InChI is InChI=1S/C22H18FNO5S/c1-15(21(25)16-7-3-2-4-8-16)29-22(26)17-11-13-18(14-12-17)30(27,28)24-20-10-6-5-9-19(20)23/h2-15,24H,1H3/t15-/m0/s1. The molecule has 154 valence electrons. The summed E-state index contributed by atoms with van der Waals surface area (Å²) in [5.74, 6) is -1.83. The SMILES string of the molecule is C[C@H](OC(=O)c1ccc(S(=O)(=O)Nc2ccccc2F)cc1)C(=O)c1ccccc1. The van der Waals surface area contributed by atoms with Crippen LogP contribution in [0.1, 0.15) is 27.6 Å². The van der Waals surface area contributed by atoms with Gasteiger partial charge < -0.3 is 4.74 Å². The first-order valence-corrected chi connectivity index (χ1v) is 10.4. The summed E-state index contributed by atoms with van der Waals surface area (Å²) in [5, 5.41) is 0. The normalized spacial score (nSPS) is 12.1. The molecule has 0 bridgehead atoms. The van der Waals surface area contributed by atoms with E-state index >= 15 is 0 Å². The molecule has 0 aromatic heterocycles. The highest BCUT2D eigenvalue weighted by molar-refractivity contribution is 7.92. The van der Waals surface area contributed by atoms with E-state index in [1.807, 2.05) is 0 Å². The molecule has 0 aliphatic rings. The molecule has 8 heteroatoms. The molecule has 0 saturated carbocycles. The van der Waals surface area contributed by atoms with Crippen LogP contribution in [0, 0.1) is 5.82 Å². The molecule has 0 amide bonds. The lowest BCUT2D eigenvalue weighted by Gasteiger charge is -2.13. The number of hydrogen-bond acceptors (Lipinski definition) is 5. The molecular weight excluding hydrogens is 409 g/mol. The Morgan fingerprint density at radius 2 is 1.47 bits per heavy atom. The summed E-state index contributed by atoms with van der Waals surface area (Å²) in [4.78, 5) is 24.4. The van der Waals surface area contributed by atoms with Crippen LogP contribution >= 0.6 is 0 Å². The summed E-state index contributed by atoms with van der Waals surface area (Å²) in [6.45, 7) is 1.46. The van der Waals surface area contributed by atoms with Crippen molar-refractivity contribution in [3.05, 3.63) is 95.8 Å². The number of ether oxygens (including phenoxy) is 1. The number of halogens is 1. The fraction of sp³-hybridized carbons (Fsp3) is 0.0909. The van der Waals surface area contributed by atoms with Gasteiger partial charge in [0.1, 0.15) is 5.82 Å². The van der Waals surface area contributed by atoms with Gasteiger partial charge in [-0.1, -0.05) is 42.5 Å². The van der Waals surface area contributed by atoms with Gasteiger partial charge in [0, 0.05) is 5.56 Å². The number of esters is 1. The first-order chi connectivity index (χ1) is 14.3. The molecule has 0 aliphatic heterocycles. The number of benzene rings is 3. The third-order valence-electron chi connectivity index (χ3n) is 4.23. The average molecular weight is 427 g/mol. The zero-order valence-corrected chi connectivity index (χ0v) is 16.7. The second-order valence-electron chi connectivity index (χ2n) is 6.39. The van der Waals surface area contributed by atoms with Crippen LogP contribution in [0.3, 0.4) is 0 Å². The van der Waals surface area contributed by atoms with Crippen LogP contribution < -0.4 is 4.72 Å². The molecular formula is C22H18FNO5S. The van der Waals surface area contributed by atoms with E-state index in [2.05, 4.69) is 4.72 Å². The van der Waals surface area contributed by atoms with E-state index in [1.54, 1.807) is 30.3 Å². The van der Waals surface area contributed by atoms with Crippen LogP contribution in [0.2, 0.25) is 0 Å². The maximum atomic E-state index is 13.7. The Morgan fingerprint density at radius 1 is 0.867 bits per heavy atom. The Kier molecular flexibility index (Phi) is 6.27. The van der Waals surface area contributed by atoms with Crippen molar-refractivity contribution < 1.29 is 27.1 Å². The predicted octanol–water partition coefficient (Wildman–Crippen LogP) is 4.05. The van der Waals surface area contributed by atoms with Gasteiger partial charge in [0.25, 0.3) is 10.0 Å². The average Bonchev–Trinajstić information content (AvgIpc) is 2.75. The van der Waals surface area contributed by atoms with Crippen LogP contribution in [0.5, 0.6) is 0 Å². The molecule has 3 rings (SSSR count). The fourth-order valence-corrected chi connectivity index (χ4v) is 3.70. The Balaban J connectivity index is 1.69. The predicted molar refractivity (Wildman–Crippen MR) is 109 cm³/mol. The van der Waals surface area contributed by atoms with E-state index in [1.165, 1.54) is 49.4 Å². The van der Waals surface area contributed by atoms with Crippen LogP contribution in [0.25, 0.3) is 0 Å². The quantitative estimate of drug-likeness (QED) is 0.454. The zero-order valence-electron chi connectivity index (χ0n) is 15.9. The third-order valence-corrected chi connectivity index (χ3v) is 5.61. The van der Waals surface area contributed by atoms with E-state index in [4.69, 9.17) is 4.74 Å². The van der Waals surface area contributed by atoms with Crippen molar-refractivity contribution in [1.82, 2.24) is 0 Å². The molecule has 0 fully saturated rings. The van der Waals surface area contributed by atoms with Crippen molar-refractivity contribution in [2.75, 3.05) is 4.72 Å². The molecule has 6 nitrogen and oxygen atoms in total. The van der Waals surface area contributed by atoms with E-state index in [0.29, 0.717) is 5.56 Å². The topological polar surface area (TPSA) is 89.5 Å². The molecule has 1 N–H and O–H groups in total. The number of rotatable bonds is 7. The number of para-hydroxylation sites is 1. The van der Waals surface area contributed by atoms with Crippen molar-refractivity contribution in [3.63, 3.8) is 0 Å². The molecule has 0 spiro atoms. The van der Waals surface area contributed by atoms with Crippen LogP contribution in [0.4, 0.5) is 10.1 Å². The summed E-state index contributed by atoms with van der Waals surface area (Å²) in [6, 6.07) is 18.7. The number of hydrogen-bond donors (Lipinski definition) is 1. The molecule has 0 aliphatic carbocycles. The van der Waals surface area contributed by atoms with Gasteiger partial charge in [0.2, 0.25) is 5.78 Å². The summed E-state index contributed by atoms with van der Waals surface area (Å²) in [7, 11) is -4.05. The molecule has 1 atom stereocenters. The highest BCUT2D eigenvalue weighted by atomic mass is 32.2. The molecule has 0 heterocycles. The highest BCUT2D eigenvalue weighted by Crippen LogP contribution is 2.19. The minimum Gasteiger partial charge on any atom is -0.451 e. The third kappa shape index (κ3) is 4.90. The van der Waals surface area contributed by atoms with Crippen molar-refractivity contribution in [2.45, 2.75) is 17.9 Å². The number of carbonyl (C=O) groups excluding carboxylic acids is 2. The number of anilines is 1. The van der Waals surface area contributed by atoms with Crippen molar-refractivity contribution >= 4 is 27.5 Å². The monoisotopic (exact) mass is 427 g/mol. The van der Waals surface area contributed by atoms with E-state index in [0.717, 1.165) is 6.07 Å². The lowest BCUT2D eigenvalue weighted by Crippen LogP contribution is -2.24. The number of Topliss-reactive ketones (excluding diaryl/α,β-unsaturated/α-hetero) is 1. The number of ketones is 1. The number of sulfonamides is 1. The second kappa shape index (κ2) is 8.87. The lowest BCUT2D eigenvalue weighted by atomic mass is 10.1. The van der Waals surface area contributed by atoms with Crippen molar-refractivity contribution in [3.8, 4) is 0 Å². The smallest absolute Gasteiger partial charge is 0.338 e. The lowest BCUT2D eigenvalue weighted by molar-refractivity contribution is 0.0318. The Hall–Kier alpha value is -3.52. The number of carbonyl (C=O) groups is 2. The molecule has 3 aromatic rings. The zero-order chi connectivity index (χ0) is 21.7. The van der Waals surface area contributed by atoms with Crippen molar-refractivity contribution in [1.29, 1.82) is 0 Å². The Bertz CT molecular complexity index is 1160. The van der Waals surface area contributed by atoms with Gasteiger partial charge in [-0.25, -0.2) is 17.6 Å². The second-order valence-corrected chi connectivity index (χ2v) is 8.07. The van der Waals surface area contributed by atoms with Crippen LogP contribution in [-0.2, 0) is 14.8 Å². The van der Waals surface area contributed by atoms with Crippen molar-refractivity contribution in [2.24, 2.45) is 0 Å². The molecule has 0 saturated heterocycles. The minimum absolute atomic E-state index is 0.0764. The summed E-state index contributed by atoms with van der Waals surface area (Å²) in [5.41, 5.74) is 0.306.